The van der Waals surface area contributed by atoms with Gasteiger partial charge in [0.1, 0.15) is 22.6 Å². The van der Waals surface area contributed by atoms with Crippen molar-refractivity contribution in [2.24, 2.45) is 0 Å². The van der Waals surface area contributed by atoms with Crippen LogP contribution in [0.1, 0.15) is 17.3 Å². The lowest BCUT2D eigenvalue weighted by Crippen LogP contribution is -2.28. The fourth-order valence-corrected chi connectivity index (χ4v) is 2.54. The minimum absolute atomic E-state index is 0.181. The molecule has 5 N–H and O–H groups in total. The number of carboxylic acid groups (broad SMARTS) is 1. The van der Waals surface area contributed by atoms with Gasteiger partial charge >= 0.3 is 5.97 Å². The van der Waals surface area contributed by atoms with Crippen LogP contribution in [0.15, 0.2) is 36.5 Å². The smallest absolute Gasteiger partial charge is 0.339 e. The molecule has 0 bridgehead atoms. The highest BCUT2D eigenvalue weighted by Crippen LogP contribution is 2.24. The average Bonchev–Trinajstić information content (AvgIpc) is 2.61. The Morgan fingerprint density at radius 2 is 1.96 bits per heavy atom. The number of thiocarbonyl (C=S) groups is 1. The number of aromatic nitrogens is 3. The number of benzene rings is 1. The molecule has 0 atom stereocenters. The van der Waals surface area contributed by atoms with Crippen molar-refractivity contribution < 1.29 is 15.0 Å². The zero-order valence-corrected chi connectivity index (χ0v) is 15.0. The van der Waals surface area contributed by atoms with Crippen LogP contribution in [0, 0.1) is 0 Å². The number of hydrogen-bond acceptors (Lipinski definition) is 7. The van der Waals surface area contributed by atoms with Crippen LogP contribution in [0.2, 0.25) is 0 Å². The quantitative estimate of drug-likeness (QED) is 0.418. The molecule has 0 fully saturated rings. The van der Waals surface area contributed by atoms with E-state index in [1.165, 1.54) is 24.4 Å². The predicted molar refractivity (Wildman–Crippen MR) is 106 cm³/mol. The van der Waals surface area contributed by atoms with Crippen molar-refractivity contribution >= 4 is 51.8 Å². The number of carboxylic acids is 1. The molecule has 0 aliphatic heterocycles. The van der Waals surface area contributed by atoms with Crippen LogP contribution in [-0.4, -0.2) is 42.8 Å². The first kappa shape index (κ1) is 18.3. The number of nitrogens with zero attached hydrogens (tertiary/aromatic N) is 3. The molecule has 3 rings (SSSR count). The fourth-order valence-electron chi connectivity index (χ4n) is 2.29. The third-order valence-corrected chi connectivity index (χ3v) is 3.73. The Bertz CT molecular complexity index is 1030. The van der Waals surface area contributed by atoms with Crippen LogP contribution >= 0.6 is 12.2 Å². The second-order valence-corrected chi connectivity index (χ2v) is 5.85. The lowest BCUT2D eigenvalue weighted by molar-refractivity contribution is 0.0694. The summed E-state index contributed by atoms with van der Waals surface area (Å²) in [5.41, 5.74) is 1.29. The molecule has 9 nitrogen and oxygen atoms in total. The van der Waals surface area contributed by atoms with E-state index in [-0.39, 0.29) is 11.3 Å². The van der Waals surface area contributed by atoms with Gasteiger partial charge in [0, 0.05) is 18.3 Å². The highest BCUT2D eigenvalue weighted by atomic mass is 32.1. The Hall–Kier alpha value is -3.53. The lowest BCUT2D eigenvalue weighted by Gasteiger charge is -2.10. The topological polar surface area (TPSA) is 132 Å². The van der Waals surface area contributed by atoms with Crippen molar-refractivity contribution in [2.75, 3.05) is 17.2 Å². The van der Waals surface area contributed by atoms with E-state index in [4.69, 9.17) is 17.3 Å². The Labute approximate surface area is 159 Å². The maximum absolute atomic E-state index is 11.0. The van der Waals surface area contributed by atoms with E-state index in [0.29, 0.717) is 40.1 Å². The van der Waals surface area contributed by atoms with Gasteiger partial charge in [0.2, 0.25) is 0 Å². The third-order valence-electron chi connectivity index (χ3n) is 3.49. The Morgan fingerprint density at radius 1 is 1.19 bits per heavy atom. The maximum atomic E-state index is 11.0. The SMILES string of the molecule is CCNC(=S)Nc1ccc2ncc(Nc3ccc(C(=O)O)c(O)c3)nc2n1. The highest BCUT2D eigenvalue weighted by molar-refractivity contribution is 7.80. The molecule has 0 spiro atoms. The normalized spacial score (nSPS) is 10.4. The molecule has 0 unspecified atom stereocenters. The monoisotopic (exact) mass is 384 g/mol. The minimum Gasteiger partial charge on any atom is -0.507 e. The fraction of sp³-hybridized carbons (Fsp3) is 0.118. The van der Waals surface area contributed by atoms with Crippen molar-refractivity contribution in [1.82, 2.24) is 20.3 Å². The van der Waals surface area contributed by atoms with Crippen LogP contribution in [-0.2, 0) is 0 Å². The molecule has 2 heterocycles. The Balaban J connectivity index is 1.84. The van der Waals surface area contributed by atoms with Gasteiger partial charge in [-0.15, -0.1) is 0 Å². The van der Waals surface area contributed by atoms with E-state index < -0.39 is 5.97 Å². The van der Waals surface area contributed by atoms with Gasteiger partial charge in [0.05, 0.1) is 6.20 Å². The molecule has 0 amide bonds. The summed E-state index contributed by atoms with van der Waals surface area (Å²) in [6.45, 7) is 2.63. The van der Waals surface area contributed by atoms with Gasteiger partial charge in [0.25, 0.3) is 0 Å². The molecular weight excluding hydrogens is 368 g/mol. The molecule has 27 heavy (non-hydrogen) atoms. The largest absolute Gasteiger partial charge is 0.507 e. The van der Waals surface area contributed by atoms with Crippen molar-refractivity contribution in [1.29, 1.82) is 0 Å². The number of aromatic hydroxyl groups is 1. The van der Waals surface area contributed by atoms with Gasteiger partial charge in [-0.05, 0) is 43.4 Å². The summed E-state index contributed by atoms with van der Waals surface area (Å²) in [6, 6.07) is 7.64. The number of anilines is 3. The average molecular weight is 384 g/mol. The molecular formula is C17H16N6O3S. The van der Waals surface area contributed by atoms with Gasteiger partial charge < -0.3 is 26.2 Å². The standard InChI is InChI=1S/C17H16N6O3S/c1-2-18-17(27)23-13-6-5-11-15(21-13)22-14(8-19-11)20-9-3-4-10(16(25)26)12(24)7-9/h3-8,24H,2H2,1H3,(H,25,26)(H3,18,20,21,22,23,27). The van der Waals surface area contributed by atoms with E-state index in [0.717, 1.165) is 0 Å². The number of pyridine rings is 1. The maximum Gasteiger partial charge on any atom is 0.339 e. The highest BCUT2D eigenvalue weighted by Gasteiger charge is 2.10. The zero-order valence-electron chi connectivity index (χ0n) is 14.2. The number of rotatable bonds is 5. The Kier molecular flexibility index (Phi) is 5.27. The van der Waals surface area contributed by atoms with Crippen molar-refractivity contribution in [3.8, 4) is 5.75 Å². The zero-order chi connectivity index (χ0) is 19.4. The molecule has 1 aromatic carbocycles. The van der Waals surface area contributed by atoms with E-state index >= 15 is 0 Å². The first-order chi connectivity index (χ1) is 13.0. The molecule has 0 aliphatic rings. The van der Waals surface area contributed by atoms with Gasteiger partial charge in [0.15, 0.2) is 16.6 Å². The van der Waals surface area contributed by atoms with E-state index in [1.54, 1.807) is 12.1 Å². The number of fused-ring (bicyclic) bond motifs is 1. The van der Waals surface area contributed by atoms with Gasteiger partial charge in [-0.3, -0.25) is 0 Å². The summed E-state index contributed by atoms with van der Waals surface area (Å²) in [5, 5.41) is 28.1. The van der Waals surface area contributed by atoms with Crippen LogP contribution < -0.4 is 16.0 Å². The third kappa shape index (κ3) is 4.36. The summed E-state index contributed by atoms with van der Waals surface area (Å²) < 4.78 is 0. The van der Waals surface area contributed by atoms with Gasteiger partial charge in [-0.25, -0.2) is 19.7 Å². The lowest BCUT2D eigenvalue weighted by atomic mass is 10.2. The van der Waals surface area contributed by atoms with E-state index in [9.17, 15) is 9.90 Å². The molecule has 0 aliphatic carbocycles. The molecule has 0 saturated carbocycles. The number of carbonyl (C=O) groups is 1. The molecule has 3 aromatic rings. The van der Waals surface area contributed by atoms with Crippen molar-refractivity contribution in [3.05, 3.63) is 42.1 Å². The molecule has 10 heteroatoms. The second-order valence-electron chi connectivity index (χ2n) is 5.44. The van der Waals surface area contributed by atoms with E-state index in [1.807, 2.05) is 6.92 Å². The van der Waals surface area contributed by atoms with Gasteiger partial charge in [-0.2, -0.15) is 0 Å². The number of aromatic carboxylic acids is 1. The van der Waals surface area contributed by atoms with Crippen molar-refractivity contribution in [3.63, 3.8) is 0 Å². The number of phenols is 1. The van der Waals surface area contributed by atoms with Crippen molar-refractivity contribution in [2.45, 2.75) is 6.92 Å². The van der Waals surface area contributed by atoms with Crippen LogP contribution in [0.25, 0.3) is 11.2 Å². The first-order valence-electron chi connectivity index (χ1n) is 7.98. The van der Waals surface area contributed by atoms with Crippen LogP contribution in [0.4, 0.5) is 17.3 Å². The summed E-state index contributed by atoms with van der Waals surface area (Å²) in [7, 11) is 0. The summed E-state index contributed by atoms with van der Waals surface area (Å²) in [6.07, 6.45) is 1.52. The predicted octanol–water partition coefficient (Wildman–Crippen LogP) is 2.48. The molecule has 2 aromatic heterocycles. The minimum atomic E-state index is -1.20. The number of nitrogens with one attached hydrogen (secondary N) is 3. The molecule has 0 radical (unpaired) electrons. The van der Waals surface area contributed by atoms with Gasteiger partial charge in [-0.1, -0.05) is 0 Å². The second kappa shape index (κ2) is 7.79. The summed E-state index contributed by atoms with van der Waals surface area (Å²) >= 11 is 5.14. The summed E-state index contributed by atoms with van der Waals surface area (Å²) in [5.74, 6) is -0.626. The summed E-state index contributed by atoms with van der Waals surface area (Å²) in [4.78, 5) is 24.0. The number of hydrogen-bond donors (Lipinski definition) is 5. The molecule has 138 valence electrons. The first-order valence-corrected chi connectivity index (χ1v) is 8.39. The Morgan fingerprint density at radius 3 is 2.67 bits per heavy atom. The molecule has 0 saturated heterocycles. The van der Waals surface area contributed by atoms with Crippen LogP contribution in [0.5, 0.6) is 5.75 Å². The van der Waals surface area contributed by atoms with Crippen LogP contribution in [0.3, 0.4) is 0 Å². The van der Waals surface area contributed by atoms with E-state index in [2.05, 4.69) is 30.9 Å².